The Morgan fingerprint density at radius 1 is 1.33 bits per heavy atom. The van der Waals surface area contributed by atoms with Crippen molar-refractivity contribution in [2.75, 3.05) is 13.6 Å². The summed E-state index contributed by atoms with van der Waals surface area (Å²) in [5.74, 6) is 0. The monoisotopic (exact) mass is 219 g/mol. The topological polar surface area (TPSA) is 37.8 Å². The van der Waals surface area contributed by atoms with E-state index >= 15 is 0 Å². The molecule has 0 spiro atoms. The predicted molar refractivity (Wildman–Crippen MR) is 63.0 cm³/mol. The smallest absolute Gasteiger partial charge is 0.0945 e. The lowest BCUT2D eigenvalue weighted by Crippen LogP contribution is -2.09. The Balaban J connectivity index is 2.14. The SMILES string of the molecule is CNCCc1nc(-c2ccncc2)cs1. The minimum atomic E-state index is 0.975. The van der Waals surface area contributed by atoms with Gasteiger partial charge in [0.2, 0.25) is 0 Å². The van der Waals surface area contributed by atoms with Crippen molar-refractivity contribution >= 4 is 11.3 Å². The van der Waals surface area contributed by atoms with Gasteiger partial charge in [-0.25, -0.2) is 4.98 Å². The zero-order chi connectivity index (χ0) is 10.5. The molecule has 0 aromatic carbocycles. The van der Waals surface area contributed by atoms with E-state index in [1.54, 1.807) is 23.7 Å². The van der Waals surface area contributed by atoms with Crippen LogP contribution in [0.4, 0.5) is 0 Å². The zero-order valence-corrected chi connectivity index (χ0v) is 9.42. The molecular formula is C11H13N3S. The van der Waals surface area contributed by atoms with Crippen molar-refractivity contribution in [3.05, 3.63) is 34.9 Å². The van der Waals surface area contributed by atoms with Gasteiger partial charge in [0.25, 0.3) is 0 Å². The van der Waals surface area contributed by atoms with Crippen LogP contribution in [0.25, 0.3) is 11.3 Å². The van der Waals surface area contributed by atoms with Gasteiger partial charge >= 0.3 is 0 Å². The van der Waals surface area contributed by atoms with Gasteiger partial charge < -0.3 is 5.32 Å². The number of thiazole rings is 1. The van der Waals surface area contributed by atoms with Crippen molar-refractivity contribution in [1.29, 1.82) is 0 Å². The van der Waals surface area contributed by atoms with Gasteiger partial charge in [-0.15, -0.1) is 11.3 Å². The van der Waals surface area contributed by atoms with Crippen molar-refractivity contribution in [1.82, 2.24) is 15.3 Å². The van der Waals surface area contributed by atoms with E-state index in [0.29, 0.717) is 0 Å². The summed E-state index contributed by atoms with van der Waals surface area (Å²) in [5, 5.41) is 6.40. The highest BCUT2D eigenvalue weighted by atomic mass is 32.1. The molecule has 78 valence electrons. The fourth-order valence-electron chi connectivity index (χ4n) is 1.31. The minimum absolute atomic E-state index is 0.975. The van der Waals surface area contributed by atoms with Gasteiger partial charge in [-0.3, -0.25) is 4.98 Å². The van der Waals surface area contributed by atoms with Gasteiger partial charge in [-0.2, -0.15) is 0 Å². The number of rotatable bonds is 4. The second-order valence-corrected chi connectivity index (χ2v) is 4.16. The highest BCUT2D eigenvalue weighted by Gasteiger charge is 2.03. The Kier molecular flexibility index (Phi) is 3.42. The van der Waals surface area contributed by atoms with E-state index in [9.17, 15) is 0 Å². The summed E-state index contributed by atoms with van der Waals surface area (Å²) in [4.78, 5) is 8.56. The summed E-state index contributed by atoms with van der Waals surface area (Å²) in [7, 11) is 1.96. The number of hydrogen-bond acceptors (Lipinski definition) is 4. The lowest BCUT2D eigenvalue weighted by molar-refractivity contribution is 0.788. The minimum Gasteiger partial charge on any atom is -0.319 e. The molecule has 2 rings (SSSR count). The molecule has 0 unspecified atom stereocenters. The third-order valence-corrected chi connectivity index (χ3v) is 3.03. The summed E-state index contributed by atoms with van der Waals surface area (Å²) in [6.07, 6.45) is 4.58. The molecule has 4 heteroatoms. The third kappa shape index (κ3) is 2.61. The molecule has 0 saturated carbocycles. The first-order valence-electron chi connectivity index (χ1n) is 4.89. The first kappa shape index (κ1) is 10.3. The third-order valence-electron chi connectivity index (χ3n) is 2.12. The van der Waals surface area contributed by atoms with Gasteiger partial charge in [0.1, 0.15) is 0 Å². The first-order valence-corrected chi connectivity index (χ1v) is 5.77. The lowest BCUT2D eigenvalue weighted by atomic mass is 10.2. The maximum Gasteiger partial charge on any atom is 0.0945 e. The predicted octanol–water partition coefficient (Wildman–Crippen LogP) is 1.97. The van der Waals surface area contributed by atoms with Crippen LogP contribution in [0.3, 0.4) is 0 Å². The van der Waals surface area contributed by atoms with Crippen LogP contribution in [0.2, 0.25) is 0 Å². The fourth-order valence-corrected chi connectivity index (χ4v) is 2.12. The number of hydrogen-bond donors (Lipinski definition) is 1. The van der Waals surface area contributed by atoms with E-state index in [4.69, 9.17) is 0 Å². The number of nitrogens with zero attached hydrogens (tertiary/aromatic N) is 2. The molecule has 0 atom stereocenters. The molecule has 1 N–H and O–H groups in total. The van der Waals surface area contributed by atoms with Crippen LogP contribution in [0.15, 0.2) is 29.9 Å². The largest absolute Gasteiger partial charge is 0.319 e. The molecule has 0 aliphatic rings. The molecule has 15 heavy (non-hydrogen) atoms. The standard InChI is InChI=1S/C11H13N3S/c1-12-5-4-11-14-10(8-15-11)9-2-6-13-7-3-9/h2-3,6-8,12H,4-5H2,1H3. The summed E-state index contributed by atoms with van der Waals surface area (Å²) in [5.41, 5.74) is 2.19. The van der Waals surface area contributed by atoms with Gasteiger partial charge in [0, 0.05) is 36.3 Å². The second kappa shape index (κ2) is 5.00. The average molecular weight is 219 g/mol. The normalized spacial score (nSPS) is 10.5. The van der Waals surface area contributed by atoms with E-state index < -0.39 is 0 Å². The molecule has 0 aliphatic carbocycles. The van der Waals surface area contributed by atoms with Crippen molar-refractivity contribution in [2.24, 2.45) is 0 Å². The van der Waals surface area contributed by atoms with E-state index in [1.165, 1.54) is 5.01 Å². The van der Waals surface area contributed by atoms with E-state index in [1.807, 2.05) is 19.2 Å². The lowest BCUT2D eigenvalue weighted by Gasteiger charge is -1.95. The Morgan fingerprint density at radius 3 is 2.87 bits per heavy atom. The Bertz CT molecular complexity index is 411. The number of aromatic nitrogens is 2. The Labute approximate surface area is 93.2 Å². The molecule has 0 amide bonds. The number of nitrogens with one attached hydrogen (secondary N) is 1. The van der Waals surface area contributed by atoms with Crippen LogP contribution in [0, 0.1) is 0 Å². The molecule has 3 nitrogen and oxygen atoms in total. The molecule has 0 saturated heterocycles. The molecule has 2 heterocycles. The van der Waals surface area contributed by atoms with Crippen molar-refractivity contribution in [2.45, 2.75) is 6.42 Å². The van der Waals surface area contributed by atoms with Gasteiger partial charge in [0.15, 0.2) is 0 Å². The van der Waals surface area contributed by atoms with Crippen LogP contribution >= 0.6 is 11.3 Å². The summed E-state index contributed by atoms with van der Waals surface area (Å²) in [6, 6.07) is 3.97. The average Bonchev–Trinajstić information content (AvgIpc) is 2.76. The molecule has 0 aliphatic heterocycles. The zero-order valence-electron chi connectivity index (χ0n) is 8.60. The van der Waals surface area contributed by atoms with Crippen LogP contribution in [0.5, 0.6) is 0 Å². The number of pyridine rings is 1. The van der Waals surface area contributed by atoms with E-state index in [0.717, 1.165) is 24.2 Å². The van der Waals surface area contributed by atoms with Crippen LogP contribution in [-0.4, -0.2) is 23.6 Å². The van der Waals surface area contributed by atoms with E-state index in [-0.39, 0.29) is 0 Å². The molecule has 0 radical (unpaired) electrons. The van der Waals surface area contributed by atoms with Crippen molar-refractivity contribution in [3.63, 3.8) is 0 Å². The molecule has 2 aromatic rings. The van der Waals surface area contributed by atoms with Crippen molar-refractivity contribution in [3.8, 4) is 11.3 Å². The second-order valence-electron chi connectivity index (χ2n) is 3.22. The fraction of sp³-hybridized carbons (Fsp3) is 0.273. The Hall–Kier alpha value is -1.26. The summed E-state index contributed by atoms with van der Waals surface area (Å²) < 4.78 is 0. The molecular weight excluding hydrogens is 206 g/mol. The van der Waals surface area contributed by atoms with Gasteiger partial charge in [-0.1, -0.05) is 0 Å². The van der Waals surface area contributed by atoms with Crippen LogP contribution in [-0.2, 0) is 6.42 Å². The quantitative estimate of drug-likeness (QED) is 0.854. The van der Waals surface area contributed by atoms with Gasteiger partial charge in [-0.05, 0) is 19.2 Å². The number of likely N-dealkylation sites (N-methyl/N-ethyl adjacent to an activating group) is 1. The van der Waals surface area contributed by atoms with E-state index in [2.05, 4.69) is 20.7 Å². The molecule has 2 aromatic heterocycles. The first-order chi connectivity index (χ1) is 7.40. The molecule has 0 bridgehead atoms. The van der Waals surface area contributed by atoms with Crippen LogP contribution < -0.4 is 5.32 Å². The maximum atomic E-state index is 4.57. The summed E-state index contributed by atoms with van der Waals surface area (Å²) >= 11 is 1.71. The highest BCUT2D eigenvalue weighted by Crippen LogP contribution is 2.20. The molecule has 0 fully saturated rings. The maximum absolute atomic E-state index is 4.57. The van der Waals surface area contributed by atoms with Gasteiger partial charge in [0.05, 0.1) is 10.7 Å². The Morgan fingerprint density at radius 2 is 2.13 bits per heavy atom. The van der Waals surface area contributed by atoms with Crippen LogP contribution in [0.1, 0.15) is 5.01 Å². The summed E-state index contributed by atoms with van der Waals surface area (Å²) in [6.45, 7) is 0.975. The van der Waals surface area contributed by atoms with Crippen molar-refractivity contribution < 1.29 is 0 Å². The highest BCUT2D eigenvalue weighted by molar-refractivity contribution is 7.09.